The van der Waals surface area contributed by atoms with Crippen LogP contribution in [-0.2, 0) is 20.4 Å². The van der Waals surface area contributed by atoms with Crippen molar-refractivity contribution < 1.29 is 32.9 Å². The van der Waals surface area contributed by atoms with Crippen LogP contribution in [0.25, 0.3) is 0 Å². The summed E-state index contributed by atoms with van der Waals surface area (Å²) in [5.74, 6) is 0.372. The number of phenolic OH excluding ortho intramolecular Hbond substituents is 1. The molecule has 0 bridgehead atoms. The van der Waals surface area contributed by atoms with Crippen LogP contribution in [-0.4, -0.2) is 56.7 Å². The summed E-state index contributed by atoms with van der Waals surface area (Å²) in [6, 6.07) is 9.98. The van der Waals surface area contributed by atoms with Gasteiger partial charge in [0.2, 0.25) is 10.0 Å². The lowest BCUT2D eigenvalue weighted by Crippen LogP contribution is -2.49. The van der Waals surface area contributed by atoms with E-state index in [0.29, 0.717) is 37.1 Å². The van der Waals surface area contributed by atoms with Gasteiger partial charge in [0.25, 0.3) is 0 Å². The van der Waals surface area contributed by atoms with Crippen LogP contribution in [0.5, 0.6) is 11.5 Å². The predicted octanol–water partition coefficient (Wildman–Crippen LogP) is 4.66. The van der Waals surface area contributed by atoms with Gasteiger partial charge in [0.15, 0.2) is 0 Å². The van der Waals surface area contributed by atoms with E-state index in [1.165, 1.54) is 18.2 Å². The SMILES string of the molecule is CCC1(CC)OC(=O)N(CCC(C)(C)NCC(O)c2ccc(O)c(NS(C)(=O)=O)c2)c2c(OC)cccc21.Cl. The maximum absolute atomic E-state index is 13.2. The minimum atomic E-state index is -3.60. The lowest BCUT2D eigenvalue weighted by Gasteiger charge is -2.43. The molecule has 1 heterocycles. The highest BCUT2D eigenvalue weighted by atomic mass is 35.5. The third kappa shape index (κ3) is 7.47. The zero-order chi connectivity index (χ0) is 28.3. The van der Waals surface area contributed by atoms with Gasteiger partial charge in [-0.3, -0.25) is 9.62 Å². The molecule has 0 saturated heterocycles. The molecule has 0 radical (unpaired) electrons. The largest absolute Gasteiger partial charge is 0.506 e. The summed E-state index contributed by atoms with van der Waals surface area (Å²) in [7, 11) is -2.01. The van der Waals surface area contributed by atoms with Crippen molar-refractivity contribution in [2.45, 2.75) is 64.2 Å². The summed E-state index contributed by atoms with van der Waals surface area (Å²) < 4.78 is 37.0. The molecule has 1 aliphatic heterocycles. The van der Waals surface area contributed by atoms with E-state index in [1.54, 1.807) is 12.0 Å². The van der Waals surface area contributed by atoms with Gasteiger partial charge in [-0.05, 0) is 56.9 Å². The van der Waals surface area contributed by atoms with E-state index in [1.807, 2.05) is 45.9 Å². The Kier molecular flexibility index (Phi) is 10.5. The number of benzene rings is 2. The number of carbonyl (C=O) groups is 1. The fourth-order valence-electron chi connectivity index (χ4n) is 4.69. The molecule has 0 aromatic heterocycles. The Morgan fingerprint density at radius 3 is 2.44 bits per heavy atom. The highest BCUT2D eigenvalue weighted by Gasteiger charge is 2.44. The number of nitrogens with zero attached hydrogens (tertiary/aromatic N) is 1. The van der Waals surface area contributed by atoms with Crippen LogP contribution in [0.4, 0.5) is 16.2 Å². The minimum absolute atomic E-state index is 0. The van der Waals surface area contributed by atoms with E-state index in [2.05, 4.69) is 10.0 Å². The summed E-state index contributed by atoms with van der Waals surface area (Å²) in [5.41, 5.74) is 0.887. The van der Waals surface area contributed by atoms with Crippen LogP contribution < -0.4 is 19.7 Å². The third-order valence-corrected chi connectivity index (χ3v) is 7.65. The average Bonchev–Trinajstić information content (AvgIpc) is 2.86. The van der Waals surface area contributed by atoms with Crippen LogP contribution in [0.15, 0.2) is 36.4 Å². The Morgan fingerprint density at radius 2 is 1.85 bits per heavy atom. The number of amides is 1. The smallest absolute Gasteiger partial charge is 0.415 e. The van der Waals surface area contributed by atoms with Crippen LogP contribution in [0.3, 0.4) is 0 Å². The molecule has 0 spiro atoms. The summed E-state index contributed by atoms with van der Waals surface area (Å²) in [5, 5.41) is 24.0. The van der Waals surface area contributed by atoms with Gasteiger partial charge in [-0.25, -0.2) is 13.2 Å². The Hall–Kier alpha value is -2.73. The number of anilines is 2. The van der Waals surface area contributed by atoms with Gasteiger partial charge in [-0.2, -0.15) is 0 Å². The van der Waals surface area contributed by atoms with E-state index in [4.69, 9.17) is 9.47 Å². The normalized spacial score (nSPS) is 15.6. The molecule has 1 unspecified atom stereocenters. The molecule has 218 valence electrons. The molecule has 1 atom stereocenters. The first-order valence-corrected chi connectivity index (χ1v) is 14.6. The monoisotopic (exact) mass is 585 g/mol. The Morgan fingerprint density at radius 1 is 1.18 bits per heavy atom. The molecule has 4 N–H and O–H groups in total. The van der Waals surface area contributed by atoms with Gasteiger partial charge in [0.1, 0.15) is 17.1 Å². The summed E-state index contributed by atoms with van der Waals surface area (Å²) >= 11 is 0. The van der Waals surface area contributed by atoms with Gasteiger partial charge >= 0.3 is 6.09 Å². The van der Waals surface area contributed by atoms with Gasteiger partial charge in [-0.15, -0.1) is 12.4 Å². The second-order valence-electron chi connectivity index (χ2n) is 10.3. The van der Waals surface area contributed by atoms with Crippen molar-refractivity contribution in [2.24, 2.45) is 0 Å². The van der Waals surface area contributed by atoms with E-state index < -0.39 is 33.4 Å². The first kappa shape index (κ1) is 32.5. The molecule has 39 heavy (non-hydrogen) atoms. The van der Waals surface area contributed by atoms with Crippen LogP contribution in [0.2, 0.25) is 0 Å². The fourth-order valence-corrected chi connectivity index (χ4v) is 5.26. The fraction of sp³-hybridized carbons (Fsp3) is 0.519. The molecule has 0 aliphatic carbocycles. The Bertz CT molecular complexity index is 1270. The summed E-state index contributed by atoms with van der Waals surface area (Å²) in [6.45, 7) is 8.45. The van der Waals surface area contributed by atoms with E-state index >= 15 is 0 Å². The molecule has 0 fully saturated rings. The molecular weight excluding hydrogens is 546 g/mol. The number of ether oxygens (including phenoxy) is 2. The second-order valence-corrected chi connectivity index (χ2v) is 12.0. The summed E-state index contributed by atoms with van der Waals surface area (Å²) in [4.78, 5) is 14.8. The van der Waals surface area contributed by atoms with Crippen molar-refractivity contribution in [3.05, 3.63) is 47.5 Å². The van der Waals surface area contributed by atoms with Crippen LogP contribution in [0.1, 0.15) is 64.2 Å². The van der Waals surface area contributed by atoms with E-state index in [0.717, 1.165) is 17.5 Å². The maximum Gasteiger partial charge on any atom is 0.415 e. The Balaban J connectivity index is 0.00000533. The number of aliphatic hydroxyl groups excluding tert-OH is 1. The zero-order valence-corrected chi connectivity index (χ0v) is 24.9. The highest BCUT2D eigenvalue weighted by molar-refractivity contribution is 7.92. The number of halogens is 1. The van der Waals surface area contributed by atoms with Crippen molar-refractivity contribution in [3.63, 3.8) is 0 Å². The van der Waals surface area contributed by atoms with Crippen LogP contribution >= 0.6 is 12.4 Å². The van der Waals surface area contributed by atoms with Gasteiger partial charge in [0, 0.05) is 24.2 Å². The van der Waals surface area contributed by atoms with Gasteiger partial charge in [-0.1, -0.05) is 32.0 Å². The number of hydrogen-bond donors (Lipinski definition) is 4. The lowest BCUT2D eigenvalue weighted by atomic mass is 9.85. The molecular formula is C27H40ClN3O7S. The number of para-hydroxylation sites is 1. The highest BCUT2D eigenvalue weighted by Crippen LogP contribution is 2.47. The topological polar surface area (TPSA) is 137 Å². The number of aliphatic hydroxyl groups is 1. The predicted molar refractivity (Wildman–Crippen MR) is 155 cm³/mol. The number of carbonyl (C=O) groups excluding carboxylic acids is 1. The third-order valence-electron chi connectivity index (χ3n) is 7.06. The molecule has 2 aromatic rings. The molecule has 12 heteroatoms. The Labute approximate surface area is 237 Å². The number of nitrogens with one attached hydrogen (secondary N) is 2. The molecule has 2 aromatic carbocycles. The molecule has 1 aliphatic rings. The van der Waals surface area contributed by atoms with Crippen molar-refractivity contribution in [2.75, 3.05) is 36.1 Å². The van der Waals surface area contributed by atoms with E-state index in [9.17, 15) is 23.4 Å². The van der Waals surface area contributed by atoms with E-state index in [-0.39, 0.29) is 30.4 Å². The molecule has 0 saturated carbocycles. The average molecular weight is 586 g/mol. The van der Waals surface area contributed by atoms with Crippen molar-refractivity contribution in [1.82, 2.24) is 5.32 Å². The molecule has 3 rings (SSSR count). The number of aromatic hydroxyl groups is 1. The summed E-state index contributed by atoms with van der Waals surface area (Å²) in [6.07, 6.45) is 1.42. The quantitative estimate of drug-likeness (QED) is 0.264. The van der Waals surface area contributed by atoms with Crippen LogP contribution in [0, 0.1) is 0 Å². The van der Waals surface area contributed by atoms with Crippen molar-refractivity contribution >= 4 is 39.9 Å². The zero-order valence-electron chi connectivity index (χ0n) is 23.3. The number of β-amino-alcohol motifs (C(OH)–C–C–N with tert-alkyl or cyclic N) is 1. The van der Waals surface area contributed by atoms with Gasteiger partial charge in [0.05, 0.1) is 30.8 Å². The number of phenols is 1. The lowest BCUT2D eigenvalue weighted by molar-refractivity contribution is -0.00165. The minimum Gasteiger partial charge on any atom is -0.506 e. The number of methoxy groups -OCH3 is 1. The number of cyclic esters (lactones) is 1. The number of hydrogen-bond acceptors (Lipinski definition) is 8. The van der Waals surface area contributed by atoms with Crippen molar-refractivity contribution in [1.29, 1.82) is 0 Å². The number of fused-ring (bicyclic) bond motifs is 1. The first-order valence-electron chi connectivity index (χ1n) is 12.7. The second kappa shape index (κ2) is 12.6. The number of rotatable bonds is 12. The number of sulfonamides is 1. The molecule has 1 amide bonds. The standard InChI is InChI=1S/C27H39N3O7S.ClH/c1-7-27(8-2)19-10-9-11-23(36-5)24(19)30(25(33)37-27)15-14-26(3,4)28-17-22(32)18-12-13-21(31)20(16-18)29-38(6,34)35;/h9-13,16,22,28-29,31-32H,7-8,14-15,17H2,1-6H3;1H. The maximum atomic E-state index is 13.2. The first-order chi connectivity index (χ1) is 17.8. The van der Waals surface area contributed by atoms with Crippen molar-refractivity contribution in [3.8, 4) is 11.5 Å². The molecule has 10 nitrogen and oxygen atoms in total. The van der Waals surface area contributed by atoms with Gasteiger partial charge < -0.3 is 25.0 Å².